The van der Waals surface area contributed by atoms with Crippen molar-refractivity contribution in [2.45, 2.75) is 26.7 Å². The first-order valence-corrected chi connectivity index (χ1v) is 6.99. The lowest BCUT2D eigenvalue weighted by Crippen LogP contribution is -2.27. The number of methoxy groups -OCH3 is 1. The van der Waals surface area contributed by atoms with Gasteiger partial charge >= 0.3 is 0 Å². The van der Waals surface area contributed by atoms with Crippen molar-refractivity contribution in [1.82, 2.24) is 4.57 Å². The van der Waals surface area contributed by atoms with E-state index < -0.39 is 5.82 Å². The third-order valence-electron chi connectivity index (χ3n) is 3.99. The third kappa shape index (κ3) is 2.35. The normalized spacial score (nSPS) is 16.7. The Balaban J connectivity index is 2.09. The van der Waals surface area contributed by atoms with E-state index in [1.54, 1.807) is 12.1 Å². The second kappa shape index (κ2) is 4.72. The molecule has 0 bridgehead atoms. The predicted octanol–water partition coefficient (Wildman–Crippen LogP) is 3.78. The molecule has 0 spiro atoms. The lowest BCUT2D eigenvalue weighted by Gasteiger charge is -2.29. The number of benzene rings is 1. The highest BCUT2D eigenvalue weighted by atomic mass is 19.1. The second-order valence-electron chi connectivity index (χ2n) is 6.31. The molecule has 21 heavy (non-hydrogen) atoms. The van der Waals surface area contributed by atoms with Gasteiger partial charge in [-0.3, -0.25) is 4.79 Å². The molecule has 0 fully saturated rings. The maximum absolute atomic E-state index is 13.9. The molecule has 1 aromatic heterocycles. The van der Waals surface area contributed by atoms with E-state index in [1.807, 2.05) is 16.8 Å². The zero-order valence-electron chi connectivity index (χ0n) is 12.4. The zero-order valence-corrected chi connectivity index (χ0v) is 12.4. The summed E-state index contributed by atoms with van der Waals surface area (Å²) < 4.78 is 20.7. The summed E-state index contributed by atoms with van der Waals surface area (Å²) in [5.41, 5.74) is 2.36. The van der Waals surface area contributed by atoms with Crippen LogP contribution >= 0.6 is 0 Å². The van der Waals surface area contributed by atoms with Crippen molar-refractivity contribution in [3.05, 3.63) is 47.5 Å². The van der Waals surface area contributed by atoms with E-state index in [4.69, 9.17) is 4.74 Å². The number of Topliss-reactive ketones (excluding diaryl/α,β-unsaturated/α-hetero) is 1. The fraction of sp³-hybridized carbons (Fsp3) is 0.353. The van der Waals surface area contributed by atoms with Gasteiger partial charge in [-0.15, -0.1) is 0 Å². The molecule has 2 aromatic rings. The minimum Gasteiger partial charge on any atom is -0.494 e. The molecule has 4 heteroatoms. The number of hydrogen-bond donors (Lipinski definition) is 0. The Kier molecular flexibility index (Phi) is 3.12. The molecule has 0 unspecified atom stereocenters. The molecule has 0 N–H and O–H groups in total. The van der Waals surface area contributed by atoms with E-state index in [0.29, 0.717) is 12.1 Å². The van der Waals surface area contributed by atoms with Crippen molar-refractivity contribution in [3.63, 3.8) is 0 Å². The Bertz CT molecular complexity index is 716. The average molecular weight is 287 g/mol. The smallest absolute Gasteiger partial charge is 0.167 e. The standard InChI is InChI=1S/C17H18FNO2/c1-17(2)9-14-12(15(20)10-17)6-7-19(14)11-4-5-16(21-3)13(18)8-11/h4-8H,9-10H2,1-3H3. The molecule has 0 aliphatic heterocycles. The van der Waals surface area contributed by atoms with Crippen LogP contribution in [0.25, 0.3) is 5.69 Å². The van der Waals surface area contributed by atoms with E-state index in [2.05, 4.69) is 13.8 Å². The van der Waals surface area contributed by atoms with Crippen LogP contribution in [0, 0.1) is 11.2 Å². The van der Waals surface area contributed by atoms with E-state index in [-0.39, 0.29) is 16.9 Å². The van der Waals surface area contributed by atoms with Crippen LogP contribution in [-0.2, 0) is 6.42 Å². The summed E-state index contributed by atoms with van der Waals surface area (Å²) in [5, 5.41) is 0. The minimum absolute atomic E-state index is 0.0643. The van der Waals surface area contributed by atoms with Gasteiger partial charge in [0.05, 0.1) is 7.11 Å². The van der Waals surface area contributed by atoms with Gasteiger partial charge in [-0.2, -0.15) is 0 Å². The molecular formula is C17H18FNO2. The molecule has 3 nitrogen and oxygen atoms in total. The maximum Gasteiger partial charge on any atom is 0.167 e. The number of carbonyl (C=O) groups is 1. The molecule has 0 atom stereocenters. The van der Waals surface area contributed by atoms with Crippen molar-refractivity contribution in [2.24, 2.45) is 5.41 Å². The summed E-state index contributed by atoms with van der Waals surface area (Å²) in [6.07, 6.45) is 3.20. The number of carbonyl (C=O) groups excluding carboxylic acids is 1. The number of ether oxygens (including phenoxy) is 1. The third-order valence-corrected chi connectivity index (χ3v) is 3.99. The molecule has 0 saturated heterocycles. The van der Waals surface area contributed by atoms with Crippen LogP contribution in [0.2, 0.25) is 0 Å². The molecule has 1 aliphatic rings. The molecule has 1 aliphatic carbocycles. The highest BCUT2D eigenvalue weighted by Crippen LogP contribution is 2.36. The summed E-state index contributed by atoms with van der Waals surface area (Å²) in [7, 11) is 1.44. The molecule has 0 amide bonds. The Labute approximate surface area is 123 Å². The van der Waals surface area contributed by atoms with Crippen molar-refractivity contribution in [2.75, 3.05) is 7.11 Å². The van der Waals surface area contributed by atoms with Crippen molar-refractivity contribution in [3.8, 4) is 11.4 Å². The molecule has 3 rings (SSSR count). The lowest BCUT2D eigenvalue weighted by atomic mass is 9.76. The Morgan fingerprint density at radius 2 is 2.00 bits per heavy atom. The number of fused-ring (bicyclic) bond motifs is 1. The first kappa shape index (κ1) is 13.9. The van der Waals surface area contributed by atoms with Crippen LogP contribution in [0.4, 0.5) is 4.39 Å². The highest BCUT2D eigenvalue weighted by Gasteiger charge is 2.33. The van der Waals surface area contributed by atoms with Crippen LogP contribution in [0.1, 0.15) is 36.3 Å². The number of hydrogen-bond acceptors (Lipinski definition) is 2. The number of rotatable bonds is 2. The van der Waals surface area contributed by atoms with Crippen LogP contribution in [0.5, 0.6) is 5.75 Å². The SMILES string of the molecule is COc1ccc(-n2ccc3c2CC(C)(C)CC3=O)cc1F. The second-order valence-corrected chi connectivity index (χ2v) is 6.31. The number of halogens is 1. The van der Waals surface area contributed by atoms with Gasteiger partial charge in [0.1, 0.15) is 0 Å². The topological polar surface area (TPSA) is 31.2 Å². The van der Waals surface area contributed by atoms with Gasteiger partial charge in [0, 0.05) is 35.6 Å². The predicted molar refractivity (Wildman–Crippen MR) is 78.7 cm³/mol. The largest absolute Gasteiger partial charge is 0.494 e. The highest BCUT2D eigenvalue weighted by molar-refractivity contribution is 5.99. The molecule has 0 saturated carbocycles. The van der Waals surface area contributed by atoms with E-state index in [0.717, 1.165) is 17.7 Å². The molecule has 0 radical (unpaired) electrons. The van der Waals surface area contributed by atoms with Gasteiger partial charge in [0.2, 0.25) is 0 Å². The Morgan fingerprint density at radius 1 is 1.24 bits per heavy atom. The van der Waals surface area contributed by atoms with Crippen LogP contribution < -0.4 is 4.74 Å². The van der Waals surface area contributed by atoms with E-state index in [1.165, 1.54) is 13.2 Å². The first-order chi connectivity index (χ1) is 9.91. The quantitative estimate of drug-likeness (QED) is 0.841. The van der Waals surface area contributed by atoms with Gasteiger partial charge in [-0.05, 0) is 30.0 Å². The molecule has 110 valence electrons. The average Bonchev–Trinajstić information content (AvgIpc) is 2.81. The van der Waals surface area contributed by atoms with Crippen molar-refractivity contribution >= 4 is 5.78 Å². The van der Waals surface area contributed by atoms with Gasteiger partial charge < -0.3 is 9.30 Å². The van der Waals surface area contributed by atoms with Gasteiger partial charge in [-0.1, -0.05) is 13.8 Å². The van der Waals surface area contributed by atoms with Gasteiger partial charge in [0.25, 0.3) is 0 Å². The monoisotopic (exact) mass is 287 g/mol. The Morgan fingerprint density at radius 3 is 2.67 bits per heavy atom. The fourth-order valence-electron chi connectivity index (χ4n) is 2.99. The molecule has 1 heterocycles. The first-order valence-electron chi connectivity index (χ1n) is 6.99. The van der Waals surface area contributed by atoms with Crippen molar-refractivity contribution in [1.29, 1.82) is 0 Å². The van der Waals surface area contributed by atoms with E-state index >= 15 is 0 Å². The Hall–Kier alpha value is -2.10. The minimum atomic E-state index is -0.404. The van der Waals surface area contributed by atoms with Crippen LogP contribution in [0.15, 0.2) is 30.5 Å². The van der Waals surface area contributed by atoms with E-state index in [9.17, 15) is 9.18 Å². The summed E-state index contributed by atoms with van der Waals surface area (Å²) >= 11 is 0. The van der Waals surface area contributed by atoms with Crippen LogP contribution in [0.3, 0.4) is 0 Å². The molecular weight excluding hydrogens is 269 g/mol. The van der Waals surface area contributed by atoms with Crippen LogP contribution in [-0.4, -0.2) is 17.5 Å². The van der Waals surface area contributed by atoms with Gasteiger partial charge in [0.15, 0.2) is 17.3 Å². The number of nitrogens with zero attached hydrogens (tertiary/aromatic N) is 1. The molecule has 1 aromatic carbocycles. The number of ketones is 1. The summed E-state index contributed by atoms with van der Waals surface area (Å²) in [6, 6.07) is 6.67. The lowest BCUT2D eigenvalue weighted by molar-refractivity contribution is 0.0911. The zero-order chi connectivity index (χ0) is 15.2. The summed E-state index contributed by atoms with van der Waals surface area (Å²) in [4.78, 5) is 12.2. The summed E-state index contributed by atoms with van der Waals surface area (Å²) in [6.45, 7) is 4.17. The fourth-order valence-corrected chi connectivity index (χ4v) is 2.99. The summed E-state index contributed by atoms with van der Waals surface area (Å²) in [5.74, 6) is -0.0241. The van der Waals surface area contributed by atoms with Crippen molar-refractivity contribution < 1.29 is 13.9 Å². The maximum atomic E-state index is 13.9. The van der Waals surface area contributed by atoms with Gasteiger partial charge in [-0.25, -0.2) is 4.39 Å². The number of aromatic nitrogens is 1.